The molecule has 2 unspecified atom stereocenters. The molecule has 0 radical (unpaired) electrons. The minimum Gasteiger partial charge on any atom is -0.363 e. The number of nitrogens with zero attached hydrogens (tertiary/aromatic N) is 2. The molecule has 1 saturated heterocycles. The summed E-state index contributed by atoms with van der Waals surface area (Å²) in [6.07, 6.45) is 5.71. The minimum absolute atomic E-state index is 0.215. The molecule has 2 atom stereocenters. The summed E-state index contributed by atoms with van der Waals surface area (Å²) in [4.78, 5) is 0. The van der Waals surface area contributed by atoms with Gasteiger partial charge in [-0.15, -0.1) is 0 Å². The number of allylic oxidation sites excluding steroid dienone is 2. The zero-order valence-electron chi connectivity index (χ0n) is 18.9. The fourth-order valence-electron chi connectivity index (χ4n) is 4.26. The standard InChI is InChI=1S/C25H37N5/c1-7-8-17(2)13-14-26-16-19(4)28-21-10-12-23-24(15-21)30(6)29-25(23)22-11-9-18(3)27-20(22)5/h10,12,15,17,22,26-28H,3-5,7-9,11,13-14,16H2,1-2,6H3. The fourth-order valence-corrected chi connectivity index (χ4v) is 4.26. The molecule has 5 heteroatoms. The minimum atomic E-state index is 0.215. The number of nitrogens with one attached hydrogen (secondary N) is 3. The lowest BCUT2D eigenvalue weighted by Crippen LogP contribution is -2.23. The highest BCUT2D eigenvalue weighted by Crippen LogP contribution is 2.36. The van der Waals surface area contributed by atoms with E-state index in [1.54, 1.807) is 0 Å². The molecule has 3 N–H and O–H groups in total. The summed E-state index contributed by atoms with van der Waals surface area (Å²) in [5.41, 5.74) is 6.24. The Morgan fingerprint density at radius 1 is 1.33 bits per heavy atom. The van der Waals surface area contributed by atoms with Crippen molar-refractivity contribution < 1.29 is 0 Å². The third-order valence-electron chi connectivity index (χ3n) is 5.96. The van der Waals surface area contributed by atoms with Crippen LogP contribution in [0.15, 0.2) is 55.0 Å². The molecule has 1 fully saturated rings. The van der Waals surface area contributed by atoms with Crippen LogP contribution in [0.3, 0.4) is 0 Å². The molecule has 0 saturated carbocycles. The first-order valence-electron chi connectivity index (χ1n) is 11.1. The van der Waals surface area contributed by atoms with E-state index in [0.717, 1.165) is 65.8 Å². The van der Waals surface area contributed by atoms with Crippen LogP contribution in [0.1, 0.15) is 57.6 Å². The number of fused-ring (bicyclic) bond motifs is 1. The van der Waals surface area contributed by atoms with E-state index in [1.807, 2.05) is 11.7 Å². The van der Waals surface area contributed by atoms with Crippen molar-refractivity contribution in [3.05, 3.63) is 60.7 Å². The molecule has 5 nitrogen and oxygen atoms in total. The Kier molecular flexibility index (Phi) is 7.38. The fraction of sp³-hybridized carbons (Fsp3) is 0.480. The Bertz CT molecular complexity index is 923. The molecule has 1 aliphatic rings. The zero-order valence-corrected chi connectivity index (χ0v) is 18.9. The van der Waals surface area contributed by atoms with Gasteiger partial charge in [-0.05, 0) is 49.9 Å². The van der Waals surface area contributed by atoms with Gasteiger partial charge in [0.15, 0.2) is 0 Å². The summed E-state index contributed by atoms with van der Waals surface area (Å²) in [7, 11) is 2.00. The summed E-state index contributed by atoms with van der Waals surface area (Å²) in [5.74, 6) is 0.992. The van der Waals surface area contributed by atoms with Crippen LogP contribution in [0, 0.1) is 5.92 Å². The topological polar surface area (TPSA) is 53.9 Å². The average Bonchev–Trinajstić information content (AvgIpc) is 3.01. The third kappa shape index (κ3) is 5.33. The van der Waals surface area contributed by atoms with Crippen LogP contribution in [0.4, 0.5) is 5.69 Å². The molecule has 0 bridgehead atoms. The lowest BCUT2D eigenvalue weighted by atomic mass is 9.90. The van der Waals surface area contributed by atoms with Crippen LogP contribution in [0.25, 0.3) is 10.9 Å². The molecule has 0 amide bonds. The second-order valence-corrected chi connectivity index (χ2v) is 8.67. The van der Waals surface area contributed by atoms with E-state index in [2.05, 4.69) is 67.7 Å². The van der Waals surface area contributed by atoms with Gasteiger partial charge in [0.1, 0.15) is 0 Å². The number of aryl methyl sites for hydroxylation is 1. The number of hydrogen-bond acceptors (Lipinski definition) is 4. The Hall–Kier alpha value is -2.53. The average molecular weight is 408 g/mol. The van der Waals surface area contributed by atoms with Gasteiger partial charge in [0.2, 0.25) is 0 Å². The first kappa shape index (κ1) is 22.2. The van der Waals surface area contributed by atoms with E-state index in [0.29, 0.717) is 0 Å². The molecule has 0 aliphatic carbocycles. The smallest absolute Gasteiger partial charge is 0.0792 e. The molecule has 1 aromatic carbocycles. The van der Waals surface area contributed by atoms with Gasteiger partial charge in [-0.1, -0.05) is 46.4 Å². The maximum absolute atomic E-state index is 4.82. The predicted octanol–water partition coefficient (Wildman–Crippen LogP) is 5.41. The molecule has 0 spiro atoms. The summed E-state index contributed by atoms with van der Waals surface area (Å²) in [6, 6.07) is 6.42. The molecule has 2 heterocycles. The van der Waals surface area contributed by atoms with Gasteiger partial charge < -0.3 is 16.0 Å². The van der Waals surface area contributed by atoms with Gasteiger partial charge in [0.05, 0.1) is 11.2 Å². The molecular weight excluding hydrogens is 370 g/mol. The van der Waals surface area contributed by atoms with E-state index in [1.165, 1.54) is 24.6 Å². The van der Waals surface area contributed by atoms with Gasteiger partial charge in [0, 0.05) is 47.7 Å². The summed E-state index contributed by atoms with van der Waals surface area (Å²) in [5, 5.41) is 16.2. The summed E-state index contributed by atoms with van der Waals surface area (Å²) < 4.78 is 1.96. The van der Waals surface area contributed by atoms with Crippen molar-refractivity contribution in [1.29, 1.82) is 0 Å². The number of anilines is 1. The molecule has 1 aromatic heterocycles. The number of rotatable bonds is 10. The molecule has 162 valence electrons. The van der Waals surface area contributed by atoms with E-state index < -0.39 is 0 Å². The first-order chi connectivity index (χ1) is 14.4. The van der Waals surface area contributed by atoms with Gasteiger partial charge in [-0.2, -0.15) is 5.10 Å². The Labute approximate surface area is 181 Å². The Morgan fingerprint density at radius 2 is 2.13 bits per heavy atom. The van der Waals surface area contributed by atoms with Crippen LogP contribution in [0.5, 0.6) is 0 Å². The Balaban J connectivity index is 1.62. The molecule has 3 rings (SSSR count). The largest absolute Gasteiger partial charge is 0.363 e. The van der Waals surface area contributed by atoms with Crippen LogP contribution in [-0.4, -0.2) is 22.9 Å². The number of hydrogen-bond donors (Lipinski definition) is 3. The summed E-state index contributed by atoms with van der Waals surface area (Å²) >= 11 is 0. The van der Waals surface area contributed by atoms with Crippen molar-refractivity contribution in [2.45, 2.75) is 51.9 Å². The van der Waals surface area contributed by atoms with Crippen molar-refractivity contribution in [1.82, 2.24) is 20.4 Å². The maximum atomic E-state index is 4.82. The zero-order chi connectivity index (χ0) is 21.7. The SMILES string of the molecule is C=C1CCC(c2nn(C)c3cc(NC(=C)CNCCC(C)CCC)ccc23)C(=C)N1. The highest BCUT2D eigenvalue weighted by Gasteiger charge is 2.25. The lowest BCUT2D eigenvalue weighted by Gasteiger charge is -2.26. The van der Waals surface area contributed by atoms with E-state index in [-0.39, 0.29) is 5.92 Å². The predicted molar refractivity (Wildman–Crippen MR) is 128 cm³/mol. The van der Waals surface area contributed by atoms with Gasteiger partial charge in [0.25, 0.3) is 0 Å². The highest BCUT2D eigenvalue weighted by atomic mass is 15.3. The normalized spacial score (nSPS) is 17.8. The molecule has 30 heavy (non-hydrogen) atoms. The van der Waals surface area contributed by atoms with Crippen LogP contribution in [0.2, 0.25) is 0 Å². The maximum Gasteiger partial charge on any atom is 0.0792 e. The number of aromatic nitrogens is 2. The number of benzene rings is 1. The van der Waals surface area contributed by atoms with Crippen molar-refractivity contribution >= 4 is 16.6 Å². The van der Waals surface area contributed by atoms with Crippen LogP contribution >= 0.6 is 0 Å². The third-order valence-corrected chi connectivity index (χ3v) is 5.96. The second-order valence-electron chi connectivity index (χ2n) is 8.67. The molecule has 2 aromatic rings. The lowest BCUT2D eigenvalue weighted by molar-refractivity contribution is 0.470. The van der Waals surface area contributed by atoms with E-state index in [4.69, 9.17) is 5.10 Å². The van der Waals surface area contributed by atoms with Gasteiger partial charge >= 0.3 is 0 Å². The molecule has 1 aliphatic heterocycles. The van der Waals surface area contributed by atoms with Gasteiger partial charge in [-0.3, -0.25) is 4.68 Å². The highest BCUT2D eigenvalue weighted by molar-refractivity contribution is 5.86. The quantitative estimate of drug-likeness (QED) is 0.461. The molecular formula is C25H37N5. The van der Waals surface area contributed by atoms with Crippen molar-refractivity contribution in [3.63, 3.8) is 0 Å². The van der Waals surface area contributed by atoms with E-state index >= 15 is 0 Å². The monoisotopic (exact) mass is 407 g/mol. The van der Waals surface area contributed by atoms with E-state index in [9.17, 15) is 0 Å². The second kappa shape index (κ2) is 9.98. The van der Waals surface area contributed by atoms with Gasteiger partial charge in [-0.25, -0.2) is 0 Å². The number of piperidine rings is 1. The first-order valence-corrected chi connectivity index (χ1v) is 11.1. The van der Waals surface area contributed by atoms with Crippen LogP contribution < -0.4 is 16.0 Å². The summed E-state index contributed by atoms with van der Waals surface area (Å²) in [6.45, 7) is 18.8. The van der Waals surface area contributed by atoms with Crippen molar-refractivity contribution in [3.8, 4) is 0 Å². The van der Waals surface area contributed by atoms with Crippen molar-refractivity contribution in [2.24, 2.45) is 13.0 Å². The Morgan fingerprint density at radius 3 is 2.87 bits per heavy atom. The van der Waals surface area contributed by atoms with Crippen LogP contribution in [-0.2, 0) is 7.05 Å². The van der Waals surface area contributed by atoms with Crippen molar-refractivity contribution in [2.75, 3.05) is 18.4 Å².